The largest absolute Gasteiger partial charge is 0.366 e. The van der Waals surface area contributed by atoms with Gasteiger partial charge in [0.2, 0.25) is 0 Å². The molecule has 0 aliphatic carbocycles. The van der Waals surface area contributed by atoms with Crippen LogP contribution in [0.5, 0.6) is 0 Å². The van der Waals surface area contributed by atoms with E-state index in [1.165, 1.54) is 19.4 Å². The van der Waals surface area contributed by atoms with E-state index in [1.54, 1.807) is 0 Å². The van der Waals surface area contributed by atoms with Crippen LogP contribution in [0.2, 0.25) is 0 Å². The second-order valence-corrected chi connectivity index (χ2v) is 4.73. The molecule has 0 aromatic rings. The number of carbonyl (C=O) groups excluding carboxylic acids is 1. The lowest BCUT2D eigenvalue weighted by Gasteiger charge is -2.26. The fraction of sp³-hybridized carbons (Fsp3) is 0.917. The number of amides is 1. The van der Waals surface area contributed by atoms with Gasteiger partial charge in [-0.1, -0.05) is 6.92 Å². The van der Waals surface area contributed by atoms with Gasteiger partial charge in [0.15, 0.2) is 0 Å². The zero-order valence-electron chi connectivity index (χ0n) is 10.6. The van der Waals surface area contributed by atoms with E-state index in [9.17, 15) is 4.79 Å². The van der Waals surface area contributed by atoms with Crippen molar-refractivity contribution in [3.63, 3.8) is 0 Å². The SMILES string of the molecule is CCN1CCCC1CNC(=O)[C@H]1CNCCO1. The van der Waals surface area contributed by atoms with E-state index in [4.69, 9.17) is 4.74 Å². The predicted octanol–water partition coefficient (Wildman–Crippen LogP) is -0.425. The fourth-order valence-corrected chi connectivity index (χ4v) is 2.61. The summed E-state index contributed by atoms with van der Waals surface area (Å²) >= 11 is 0. The van der Waals surface area contributed by atoms with Crippen molar-refractivity contribution >= 4 is 5.91 Å². The Labute approximate surface area is 103 Å². The summed E-state index contributed by atoms with van der Waals surface area (Å²) in [7, 11) is 0. The highest BCUT2D eigenvalue weighted by molar-refractivity contribution is 5.81. The molecule has 2 rings (SSSR count). The highest BCUT2D eigenvalue weighted by Crippen LogP contribution is 2.15. The molecule has 1 unspecified atom stereocenters. The van der Waals surface area contributed by atoms with Crippen LogP contribution >= 0.6 is 0 Å². The molecule has 2 saturated heterocycles. The first-order valence-corrected chi connectivity index (χ1v) is 6.65. The van der Waals surface area contributed by atoms with Crippen LogP contribution in [-0.2, 0) is 9.53 Å². The van der Waals surface area contributed by atoms with Crippen LogP contribution in [0.1, 0.15) is 19.8 Å². The molecular formula is C12H23N3O2. The third kappa shape index (κ3) is 3.40. The third-order valence-electron chi connectivity index (χ3n) is 3.64. The molecule has 2 atom stereocenters. The van der Waals surface area contributed by atoms with Crippen molar-refractivity contribution in [2.45, 2.75) is 31.9 Å². The second kappa shape index (κ2) is 6.33. The Balaban J connectivity index is 1.71. The Hall–Kier alpha value is -0.650. The van der Waals surface area contributed by atoms with Crippen molar-refractivity contribution in [1.82, 2.24) is 15.5 Å². The second-order valence-electron chi connectivity index (χ2n) is 4.73. The lowest BCUT2D eigenvalue weighted by Crippen LogP contribution is -2.50. The van der Waals surface area contributed by atoms with Crippen molar-refractivity contribution in [2.24, 2.45) is 0 Å². The molecule has 0 aromatic carbocycles. The average Bonchev–Trinajstić information content (AvgIpc) is 2.84. The maximum atomic E-state index is 11.9. The predicted molar refractivity (Wildman–Crippen MR) is 65.9 cm³/mol. The number of hydrogen-bond donors (Lipinski definition) is 2. The standard InChI is InChI=1S/C12H23N3O2/c1-2-15-6-3-4-10(15)8-14-12(16)11-9-13-5-7-17-11/h10-11,13H,2-9H2,1H3,(H,14,16)/t10?,11-/m1/s1. The van der Waals surface area contributed by atoms with Crippen LogP contribution in [-0.4, -0.2) is 62.3 Å². The summed E-state index contributed by atoms with van der Waals surface area (Å²) in [6, 6.07) is 0.514. The monoisotopic (exact) mass is 241 g/mol. The molecule has 0 aromatic heterocycles. The average molecular weight is 241 g/mol. The van der Waals surface area contributed by atoms with E-state index in [-0.39, 0.29) is 12.0 Å². The Bertz CT molecular complexity index is 254. The van der Waals surface area contributed by atoms with Crippen LogP contribution in [0.3, 0.4) is 0 Å². The summed E-state index contributed by atoms with van der Waals surface area (Å²) in [4.78, 5) is 14.3. The molecule has 2 heterocycles. The summed E-state index contributed by atoms with van der Waals surface area (Å²) in [5.41, 5.74) is 0. The van der Waals surface area contributed by atoms with Gasteiger partial charge in [0.05, 0.1) is 6.61 Å². The quantitative estimate of drug-likeness (QED) is 0.701. The van der Waals surface area contributed by atoms with Gasteiger partial charge in [0, 0.05) is 25.7 Å². The van der Waals surface area contributed by atoms with E-state index in [2.05, 4.69) is 22.5 Å². The molecule has 0 spiro atoms. The molecule has 0 bridgehead atoms. The number of nitrogens with one attached hydrogen (secondary N) is 2. The Morgan fingerprint density at radius 2 is 2.47 bits per heavy atom. The molecule has 0 radical (unpaired) electrons. The zero-order valence-corrected chi connectivity index (χ0v) is 10.6. The number of likely N-dealkylation sites (tertiary alicyclic amines) is 1. The molecule has 5 nitrogen and oxygen atoms in total. The lowest BCUT2D eigenvalue weighted by atomic mass is 10.2. The number of carbonyl (C=O) groups is 1. The van der Waals surface area contributed by atoms with Crippen molar-refractivity contribution in [3.05, 3.63) is 0 Å². The van der Waals surface area contributed by atoms with Crippen molar-refractivity contribution < 1.29 is 9.53 Å². The van der Waals surface area contributed by atoms with Crippen LogP contribution in [0.15, 0.2) is 0 Å². The van der Waals surface area contributed by atoms with Crippen LogP contribution in [0.25, 0.3) is 0 Å². The highest BCUT2D eigenvalue weighted by atomic mass is 16.5. The van der Waals surface area contributed by atoms with Gasteiger partial charge in [-0.25, -0.2) is 0 Å². The molecule has 2 fully saturated rings. The smallest absolute Gasteiger partial charge is 0.250 e. The summed E-state index contributed by atoms with van der Waals surface area (Å²) in [6.45, 7) is 7.27. The van der Waals surface area contributed by atoms with Gasteiger partial charge >= 0.3 is 0 Å². The number of morpholine rings is 1. The molecule has 2 N–H and O–H groups in total. The summed E-state index contributed by atoms with van der Waals surface area (Å²) in [6.07, 6.45) is 2.13. The molecule has 98 valence electrons. The zero-order chi connectivity index (χ0) is 12.1. The van der Waals surface area contributed by atoms with Gasteiger partial charge in [0.1, 0.15) is 6.10 Å². The van der Waals surface area contributed by atoms with Gasteiger partial charge in [-0.15, -0.1) is 0 Å². The topological polar surface area (TPSA) is 53.6 Å². The Kier molecular flexibility index (Phi) is 4.76. The molecule has 2 aliphatic heterocycles. The first-order valence-electron chi connectivity index (χ1n) is 6.65. The van der Waals surface area contributed by atoms with Gasteiger partial charge in [-0.3, -0.25) is 9.69 Å². The number of hydrogen-bond acceptors (Lipinski definition) is 4. The van der Waals surface area contributed by atoms with Gasteiger partial charge in [-0.05, 0) is 25.9 Å². The van der Waals surface area contributed by atoms with E-state index in [0.717, 1.165) is 19.6 Å². The minimum absolute atomic E-state index is 0.0279. The number of nitrogens with zero attached hydrogens (tertiary/aromatic N) is 1. The van der Waals surface area contributed by atoms with Gasteiger partial charge in [0.25, 0.3) is 5.91 Å². The Morgan fingerprint density at radius 3 is 3.18 bits per heavy atom. The first-order chi connectivity index (χ1) is 8.31. The number of likely N-dealkylation sites (N-methyl/N-ethyl adjacent to an activating group) is 1. The van der Waals surface area contributed by atoms with Gasteiger partial charge < -0.3 is 15.4 Å². The molecule has 5 heteroatoms. The Morgan fingerprint density at radius 1 is 1.59 bits per heavy atom. The van der Waals surface area contributed by atoms with Crippen LogP contribution in [0.4, 0.5) is 0 Å². The lowest BCUT2D eigenvalue weighted by molar-refractivity contribution is -0.134. The summed E-state index contributed by atoms with van der Waals surface area (Å²) in [5.74, 6) is 0.0279. The third-order valence-corrected chi connectivity index (χ3v) is 3.64. The molecule has 17 heavy (non-hydrogen) atoms. The fourth-order valence-electron chi connectivity index (χ4n) is 2.61. The van der Waals surface area contributed by atoms with Crippen molar-refractivity contribution in [1.29, 1.82) is 0 Å². The maximum absolute atomic E-state index is 11.9. The molecule has 2 aliphatic rings. The summed E-state index contributed by atoms with van der Waals surface area (Å²) < 4.78 is 5.42. The molecular weight excluding hydrogens is 218 g/mol. The molecule has 1 amide bonds. The first kappa shape index (κ1) is 12.8. The van der Waals surface area contributed by atoms with E-state index < -0.39 is 0 Å². The van der Waals surface area contributed by atoms with Crippen LogP contribution < -0.4 is 10.6 Å². The normalized spacial score (nSPS) is 30.4. The minimum Gasteiger partial charge on any atom is -0.366 e. The minimum atomic E-state index is -0.305. The van der Waals surface area contributed by atoms with E-state index in [0.29, 0.717) is 19.2 Å². The number of rotatable bonds is 4. The number of ether oxygens (including phenoxy) is 1. The van der Waals surface area contributed by atoms with Crippen molar-refractivity contribution in [3.8, 4) is 0 Å². The maximum Gasteiger partial charge on any atom is 0.250 e. The van der Waals surface area contributed by atoms with E-state index >= 15 is 0 Å². The van der Waals surface area contributed by atoms with Gasteiger partial charge in [-0.2, -0.15) is 0 Å². The summed E-state index contributed by atoms with van der Waals surface area (Å²) in [5, 5.41) is 6.18. The van der Waals surface area contributed by atoms with E-state index in [1.807, 2.05) is 0 Å². The highest BCUT2D eigenvalue weighted by Gasteiger charge is 2.26. The van der Waals surface area contributed by atoms with Crippen LogP contribution in [0, 0.1) is 0 Å². The molecule has 0 saturated carbocycles. The van der Waals surface area contributed by atoms with Crippen molar-refractivity contribution in [2.75, 3.05) is 39.3 Å².